The number of nitrogens with one attached hydrogen (secondary N) is 1. The van der Waals surface area contributed by atoms with Crippen molar-refractivity contribution in [2.45, 2.75) is 12.5 Å². The lowest BCUT2D eigenvalue weighted by Gasteiger charge is -2.25. The number of hydrogen-bond donors (Lipinski definition) is 2. The van der Waals surface area contributed by atoms with Gasteiger partial charge in [0.2, 0.25) is 0 Å². The van der Waals surface area contributed by atoms with E-state index in [1.807, 2.05) is 37.3 Å². The molecule has 0 radical (unpaired) electrons. The number of para-hydroxylation sites is 1. The molecule has 1 aromatic rings. The fourth-order valence-electron chi connectivity index (χ4n) is 1.01. The molecule has 0 heterocycles. The van der Waals surface area contributed by atoms with E-state index in [0.717, 1.165) is 5.69 Å². The van der Waals surface area contributed by atoms with Crippen LogP contribution in [0.4, 0.5) is 5.69 Å². The Hall–Kier alpha value is -1.28. The molecule has 0 saturated carbocycles. The average Bonchev–Trinajstić information content (AvgIpc) is 2.19. The Morgan fingerprint density at radius 3 is 2.54 bits per heavy atom. The van der Waals surface area contributed by atoms with Gasteiger partial charge in [0.1, 0.15) is 0 Å². The molecule has 1 aromatic carbocycles. The second-order valence-electron chi connectivity index (χ2n) is 3.27. The van der Waals surface area contributed by atoms with Gasteiger partial charge >= 0.3 is 0 Å². The van der Waals surface area contributed by atoms with Crippen LogP contribution in [-0.2, 0) is 0 Å². The van der Waals surface area contributed by atoms with Gasteiger partial charge in [-0.2, -0.15) is 0 Å². The van der Waals surface area contributed by atoms with E-state index in [1.54, 1.807) is 6.08 Å². The summed E-state index contributed by atoms with van der Waals surface area (Å²) in [6, 6.07) is 9.76. The summed E-state index contributed by atoms with van der Waals surface area (Å²) in [7, 11) is 0. The summed E-state index contributed by atoms with van der Waals surface area (Å²) in [6.45, 7) is 5.61. The number of aliphatic hydroxyl groups excluding tert-OH is 1. The molecule has 0 aliphatic carbocycles. The minimum Gasteiger partial charge on any atom is -0.394 e. The van der Waals surface area contributed by atoms with Crippen LogP contribution in [-0.4, -0.2) is 17.3 Å². The minimum absolute atomic E-state index is 0.0331. The average molecular weight is 177 g/mol. The first kappa shape index (κ1) is 9.81. The van der Waals surface area contributed by atoms with E-state index in [0.29, 0.717) is 0 Å². The number of aliphatic hydroxyl groups is 1. The van der Waals surface area contributed by atoms with Crippen LogP contribution in [0.5, 0.6) is 0 Å². The first-order chi connectivity index (χ1) is 6.20. The Bertz CT molecular complexity index is 271. The molecule has 0 fully saturated rings. The third-order valence-electron chi connectivity index (χ3n) is 1.98. The Morgan fingerprint density at radius 2 is 2.08 bits per heavy atom. The molecule has 2 heteroatoms. The molecule has 1 unspecified atom stereocenters. The lowest BCUT2D eigenvalue weighted by atomic mass is 10.0. The summed E-state index contributed by atoms with van der Waals surface area (Å²) in [5.74, 6) is 0. The predicted molar refractivity (Wildman–Crippen MR) is 55.8 cm³/mol. The van der Waals surface area contributed by atoms with Crippen LogP contribution in [0.15, 0.2) is 43.0 Å². The maximum absolute atomic E-state index is 9.11. The quantitative estimate of drug-likeness (QED) is 0.690. The monoisotopic (exact) mass is 177 g/mol. The van der Waals surface area contributed by atoms with E-state index in [2.05, 4.69) is 11.9 Å². The zero-order chi connectivity index (χ0) is 9.73. The molecule has 2 nitrogen and oxygen atoms in total. The Kier molecular flexibility index (Phi) is 3.09. The molecule has 0 aromatic heterocycles. The van der Waals surface area contributed by atoms with Gasteiger partial charge in [0.25, 0.3) is 0 Å². The molecular formula is C11H15NO. The highest BCUT2D eigenvalue weighted by atomic mass is 16.3. The van der Waals surface area contributed by atoms with Crippen molar-refractivity contribution in [2.75, 3.05) is 11.9 Å². The minimum atomic E-state index is -0.443. The molecular weight excluding hydrogens is 162 g/mol. The molecule has 2 N–H and O–H groups in total. The zero-order valence-electron chi connectivity index (χ0n) is 7.83. The predicted octanol–water partition coefficient (Wildman–Crippen LogP) is 2.04. The maximum atomic E-state index is 9.11. The van der Waals surface area contributed by atoms with Crippen molar-refractivity contribution in [2.24, 2.45) is 0 Å². The molecule has 70 valence electrons. The third kappa shape index (κ3) is 2.60. The van der Waals surface area contributed by atoms with Crippen molar-refractivity contribution in [3.05, 3.63) is 43.0 Å². The van der Waals surface area contributed by atoms with Crippen molar-refractivity contribution in [1.82, 2.24) is 0 Å². The summed E-state index contributed by atoms with van der Waals surface area (Å²) in [5.41, 5.74) is 0.542. The summed E-state index contributed by atoms with van der Waals surface area (Å²) >= 11 is 0. The fourth-order valence-corrected chi connectivity index (χ4v) is 1.01. The van der Waals surface area contributed by atoms with Crippen LogP contribution in [0.3, 0.4) is 0 Å². The molecule has 0 spiro atoms. The van der Waals surface area contributed by atoms with Crippen LogP contribution in [0, 0.1) is 0 Å². The van der Waals surface area contributed by atoms with Gasteiger partial charge in [-0.15, -0.1) is 6.58 Å². The normalized spacial score (nSPS) is 14.6. The second kappa shape index (κ2) is 4.10. The SMILES string of the molecule is C=CC(C)(CO)Nc1ccccc1. The highest BCUT2D eigenvalue weighted by molar-refractivity contribution is 5.46. The molecule has 0 bridgehead atoms. The zero-order valence-corrected chi connectivity index (χ0v) is 7.83. The fraction of sp³-hybridized carbons (Fsp3) is 0.273. The van der Waals surface area contributed by atoms with Crippen molar-refractivity contribution in [1.29, 1.82) is 0 Å². The molecule has 13 heavy (non-hydrogen) atoms. The standard InChI is InChI=1S/C11H15NO/c1-3-11(2,9-13)12-10-7-5-4-6-8-10/h3-8,12-13H,1,9H2,2H3. The van der Waals surface area contributed by atoms with Crippen LogP contribution in [0.25, 0.3) is 0 Å². The highest BCUT2D eigenvalue weighted by Gasteiger charge is 2.17. The van der Waals surface area contributed by atoms with Crippen LogP contribution in [0.1, 0.15) is 6.92 Å². The van der Waals surface area contributed by atoms with Gasteiger partial charge in [-0.25, -0.2) is 0 Å². The van der Waals surface area contributed by atoms with E-state index >= 15 is 0 Å². The van der Waals surface area contributed by atoms with Gasteiger partial charge in [0.05, 0.1) is 12.1 Å². The third-order valence-corrected chi connectivity index (χ3v) is 1.98. The van der Waals surface area contributed by atoms with E-state index in [9.17, 15) is 0 Å². The number of anilines is 1. The van der Waals surface area contributed by atoms with Gasteiger partial charge in [0.15, 0.2) is 0 Å². The second-order valence-corrected chi connectivity index (χ2v) is 3.27. The molecule has 0 aliphatic heterocycles. The van der Waals surface area contributed by atoms with Gasteiger partial charge in [-0.05, 0) is 19.1 Å². The Balaban J connectivity index is 2.73. The molecule has 0 saturated heterocycles. The van der Waals surface area contributed by atoms with Crippen molar-refractivity contribution < 1.29 is 5.11 Å². The van der Waals surface area contributed by atoms with Crippen LogP contribution < -0.4 is 5.32 Å². The molecule has 1 rings (SSSR count). The number of hydrogen-bond acceptors (Lipinski definition) is 2. The topological polar surface area (TPSA) is 32.3 Å². The largest absolute Gasteiger partial charge is 0.394 e. The lowest BCUT2D eigenvalue weighted by molar-refractivity contribution is 0.250. The van der Waals surface area contributed by atoms with E-state index < -0.39 is 5.54 Å². The van der Waals surface area contributed by atoms with Gasteiger partial charge in [0, 0.05) is 5.69 Å². The van der Waals surface area contributed by atoms with E-state index in [-0.39, 0.29) is 6.61 Å². The van der Waals surface area contributed by atoms with Gasteiger partial charge in [-0.3, -0.25) is 0 Å². The first-order valence-corrected chi connectivity index (χ1v) is 4.28. The lowest BCUT2D eigenvalue weighted by Crippen LogP contribution is -2.36. The first-order valence-electron chi connectivity index (χ1n) is 4.28. The summed E-state index contributed by atoms with van der Waals surface area (Å²) in [5, 5.41) is 12.3. The summed E-state index contributed by atoms with van der Waals surface area (Å²) in [4.78, 5) is 0. The molecule has 0 amide bonds. The smallest absolute Gasteiger partial charge is 0.0756 e. The van der Waals surface area contributed by atoms with Crippen LogP contribution >= 0.6 is 0 Å². The number of rotatable bonds is 4. The highest BCUT2D eigenvalue weighted by Crippen LogP contribution is 2.14. The number of benzene rings is 1. The van der Waals surface area contributed by atoms with E-state index in [4.69, 9.17) is 5.11 Å². The van der Waals surface area contributed by atoms with Crippen molar-refractivity contribution in [3.63, 3.8) is 0 Å². The Morgan fingerprint density at radius 1 is 1.46 bits per heavy atom. The van der Waals surface area contributed by atoms with Gasteiger partial charge < -0.3 is 10.4 Å². The van der Waals surface area contributed by atoms with E-state index in [1.165, 1.54) is 0 Å². The maximum Gasteiger partial charge on any atom is 0.0756 e. The molecule has 1 atom stereocenters. The Labute approximate surface area is 78.9 Å². The van der Waals surface area contributed by atoms with Crippen LogP contribution in [0.2, 0.25) is 0 Å². The summed E-state index contributed by atoms with van der Waals surface area (Å²) < 4.78 is 0. The molecule has 0 aliphatic rings. The van der Waals surface area contributed by atoms with Crippen molar-refractivity contribution >= 4 is 5.69 Å². The van der Waals surface area contributed by atoms with Crippen molar-refractivity contribution in [3.8, 4) is 0 Å². The van der Waals surface area contributed by atoms with Gasteiger partial charge in [-0.1, -0.05) is 24.3 Å². The summed E-state index contributed by atoms with van der Waals surface area (Å²) in [6.07, 6.45) is 1.71.